The van der Waals surface area contributed by atoms with Gasteiger partial charge in [-0.3, -0.25) is 9.48 Å². The summed E-state index contributed by atoms with van der Waals surface area (Å²) < 4.78 is 6.65. The Morgan fingerprint density at radius 2 is 2.44 bits per heavy atom. The van der Waals surface area contributed by atoms with Crippen LogP contribution >= 0.6 is 11.8 Å². The zero-order valence-corrected chi connectivity index (χ0v) is 10.7. The van der Waals surface area contributed by atoms with Crippen LogP contribution in [0, 0.1) is 0 Å². The molecule has 1 saturated heterocycles. The number of nitrogens with zero attached hydrogens (tertiary/aromatic N) is 4. The van der Waals surface area contributed by atoms with Crippen LogP contribution in [0.15, 0.2) is 16.8 Å². The van der Waals surface area contributed by atoms with Gasteiger partial charge < -0.3 is 4.52 Å². The molecule has 0 N–H and O–H groups in total. The monoisotopic (exact) mass is 264 g/mol. The first-order valence-corrected chi connectivity index (χ1v) is 6.81. The lowest BCUT2D eigenvalue weighted by Gasteiger charge is -2.20. The van der Waals surface area contributed by atoms with Crippen LogP contribution in [-0.4, -0.2) is 37.2 Å². The number of rotatable bonds is 4. The summed E-state index contributed by atoms with van der Waals surface area (Å²) in [6.45, 7) is 0. The van der Waals surface area contributed by atoms with E-state index in [2.05, 4.69) is 15.2 Å². The fourth-order valence-electron chi connectivity index (χ4n) is 1.77. The number of ketones is 1. The molecule has 18 heavy (non-hydrogen) atoms. The molecule has 7 heteroatoms. The van der Waals surface area contributed by atoms with E-state index in [9.17, 15) is 4.79 Å². The van der Waals surface area contributed by atoms with Crippen LogP contribution in [-0.2, 0) is 13.5 Å². The summed E-state index contributed by atoms with van der Waals surface area (Å²) in [5, 5.41) is 7.88. The van der Waals surface area contributed by atoms with Crippen LogP contribution in [0.5, 0.6) is 0 Å². The maximum Gasteiger partial charge on any atom is 0.234 e. The van der Waals surface area contributed by atoms with Gasteiger partial charge in [0.05, 0.1) is 6.42 Å². The number of thioether (sulfide) groups is 1. The van der Waals surface area contributed by atoms with Crippen molar-refractivity contribution in [2.24, 2.45) is 7.05 Å². The van der Waals surface area contributed by atoms with Crippen molar-refractivity contribution < 1.29 is 9.32 Å². The second kappa shape index (κ2) is 4.56. The first-order valence-electron chi connectivity index (χ1n) is 5.65. The Labute approximate surface area is 108 Å². The van der Waals surface area contributed by atoms with Gasteiger partial charge in [-0.2, -0.15) is 21.8 Å². The highest BCUT2D eigenvalue weighted by molar-refractivity contribution is 8.00. The molecule has 1 aliphatic rings. The fraction of sp³-hybridized carbons (Fsp3) is 0.455. The molecular formula is C11H12N4O2S. The van der Waals surface area contributed by atoms with E-state index >= 15 is 0 Å². The molecule has 2 aromatic heterocycles. The zero-order chi connectivity index (χ0) is 12.5. The van der Waals surface area contributed by atoms with Crippen molar-refractivity contribution in [2.45, 2.75) is 12.3 Å². The Balaban J connectivity index is 1.70. The number of hydrogen-bond acceptors (Lipinski definition) is 6. The third-order valence-electron chi connectivity index (χ3n) is 2.91. The summed E-state index contributed by atoms with van der Waals surface area (Å²) in [5.41, 5.74) is 0.550. The van der Waals surface area contributed by atoms with Gasteiger partial charge >= 0.3 is 0 Å². The first kappa shape index (κ1) is 11.5. The first-order chi connectivity index (χ1) is 8.74. The Bertz CT molecular complexity index is 573. The van der Waals surface area contributed by atoms with Gasteiger partial charge in [0.1, 0.15) is 5.69 Å². The average molecular weight is 264 g/mol. The van der Waals surface area contributed by atoms with Crippen molar-refractivity contribution in [1.29, 1.82) is 0 Å². The summed E-state index contributed by atoms with van der Waals surface area (Å²) >= 11 is 1.86. The quantitative estimate of drug-likeness (QED) is 0.769. The molecule has 0 spiro atoms. The summed E-state index contributed by atoms with van der Waals surface area (Å²) in [6.07, 6.45) is 1.73. The standard InChI is InChI=1S/C11H12N4O2S/c1-15-8(2-3-12-15)9(16)4-10-13-11(14-17-10)7-5-18-6-7/h2-3,7H,4-6H2,1H3. The number of aromatic nitrogens is 4. The van der Waals surface area contributed by atoms with Gasteiger partial charge in [-0.25, -0.2) is 0 Å². The predicted molar refractivity (Wildman–Crippen MR) is 65.6 cm³/mol. The van der Waals surface area contributed by atoms with E-state index < -0.39 is 0 Å². The topological polar surface area (TPSA) is 73.8 Å². The van der Waals surface area contributed by atoms with Crippen molar-refractivity contribution in [2.75, 3.05) is 11.5 Å². The molecule has 0 saturated carbocycles. The summed E-state index contributed by atoms with van der Waals surface area (Å²) in [6, 6.07) is 1.68. The van der Waals surface area contributed by atoms with Crippen LogP contribution in [0.25, 0.3) is 0 Å². The van der Waals surface area contributed by atoms with Crippen LogP contribution in [0.2, 0.25) is 0 Å². The fourth-order valence-corrected chi connectivity index (χ4v) is 2.54. The number of Topliss-reactive ketones (excluding diaryl/α,β-unsaturated/α-hetero) is 1. The Morgan fingerprint density at radius 1 is 1.61 bits per heavy atom. The molecule has 0 amide bonds. The van der Waals surface area contributed by atoms with E-state index in [0.29, 0.717) is 17.5 Å². The maximum atomic E-state index is 12.0. The highest BCUT2D eigenvalue weighted by atomic mass is 32.2. The minimum Gasteiger partial charge on any atom is -0.339 e. The lowest BCUT2D eigenvalue weighted by molar-refractivity contribution is 0.0974. The Hall–Kier alpha value is -1.63. The van der Waals surface area contributed by atoms with Crippen molar-refractivity contribution in [3.8, 4) is 0 Å². The summed E-state index contributed by atoms with van der Waals surface area (Å²) in [4.78, 5) is 16.2. The molecule has 0 radical (unpaired) electrons. The number of carbonyl (C=O) groups is 1. The van der Waals surface area contributed by atoms with Crippen LogP contribution < -0.4 is 0 Å². The molecule has 0 unspecified atom stereocenters. The number of aryl methyl sites for hydroxylation is 1. The molecule has 1 aliphatic heterocycles. The van der Waals surface area contributed by atoms with Gasteiger partial charge in [-0.1, -0.05) is 5.16 Å². The Kier molecular flexibility index (Phi) is 2.91. The van der Waals surface area contributed by atoms with E-state index in [4.69, 9.17) is 4.52 Å². The van der Waals surface area contributed by atoms with E-state index in [1.807, 2.05) is 11.8 Å². The molecule has 6 nitrogen and oxygen atoms in total. The van der Waals surface area contributed by atoms with Gasteiger partial charge in [0, 0.05) is 30.7 Å². The van der Waals surface area contributed by atoms with Crippen LogP contribution in [0.4, 0.5) is 0 Å². The molecular weight excluding hydrogens is 252 g/mol. The van der Waals surface area contributed by atoms with Crippen molar-refractivity contribution >= 4 is 17.5 Å². The highest BCUT2D eigenvalue weighted by Crippen LogP contribution is 2.32. The van der Waals surface area contributed by atoms with Crippen molar-refractivity contribution in [3.05, 3.63) is 29.7 Å². The average Bonchev–Trinajstić information content (AvgIpc) is 2.85. The van der Waals surface area contributed by atoms with Crippen LogP contribution in [0.3, 0.4) is 0 Å². The van der Waals surface area contributed by atoms with E-state index in [1.54, 1.807) is 24.0 Å². The summed E-state index contributed by atoms with van der Waals surface area (Å²) in [5.74, 6) is 3.51. The zero-order valence-electron chi connectivity index (χ0n) is 9.87. The van der Waals surface area contributed by atoms with Gasteiger partial charge in [0.15, 0.2) is 11.6 Å². The molecule has 0 atom stereocenters. The molecule has 2 aromatic rings. The van der Waals surface area contributed by atoms with Gasteiger partial charge in [-0.05, 0) is 6.07 Å². The van der Waals surface area contributed by atoms with Crippen molar-refractivity contribution in [3.63, 3.8) is 0 Å². The third kappa shape index (κ3) is 2.05. The molecule has 94 valence electrons. The largest absolute Gasteiger partial charge is 0.339 e. The minimum atomic E-state index is -0.0619. The minimum absolute atomic E-state index is 0.0619. The van der Waals surface area contributed by atoms with Gasteiger partial charge in [0.2, 0.25) is 5.89 Å². The second-order valence-corrected chi connectivity index (χ2v) is 5.30. The van der Waals surface area contributed by atoms with Crippen LogP contribution in [0.1, 0.15) is 28.1 Å². The predicted octanol–water partition coefficient (Wildman–Crippen LogP) is 1.06. The highest BCUT2D eigenvalue weighted by Gasteiger charge is 2.26. The number of carbonyl (C=O) groups excluding carboxylic acids is 1. The lowest BCUT2D eigenvalue weighted by atomic mass is 10.2. The SMILES string of the molecule is Cn1nccc1C(=O)Cc1nc(C2CSC2)no1. The molecule has 0 aliphatic carbocycles. The van der Waals surface area contributed by atoms with E-state index in [0.717, 1.165) is 17.3 Å². The summed E-state index contributed by atoms with van der Waals surface area (Å²) in [7, 11) is 1.73. The molecule has 0 aromatic carbocycles. The third-order valence-corrected chi connectivity index (χ3v) is 4.18. The van der Waals surface area contributed by atoms with E-state index in [1.165, 1.54) is 0 Å². The smallest absolute Gasteiger partial charge is 0.234 e. The van der Waals surface area contributed by atoms with Gasteiger partial charge in [0.25, 0.3) is 0 Å². The Morgan fingerprint density at radius 3 is 3.06 bits per heavy atom. The van der Waals surface area contributed by atoms with E-state index in [-0.39, 0.29) is 12.2 Å². The maximum absolute atomic E-state index is 12.0. The number of hydrogen-bond donors (Lipinski definition) is 0. The second-order valence-electron chi connectivity index (χ2n) is 4.22. The molecule has 3 rings (SSSR count). The molecule has 0 bridgehead atoms. The van der Waals surface area contributed by atoms with Crippen molar-refractivity contribution in [1.82, 2.24) is 19.9 Å². The molecule has 3 heterocycles. The van der Waals surface area contributed by atoms with Gasteiger partial charge in [-0.15, -0.1) is 0 Å². The lowest BCUT2D eigenvalue weighted by Crippen LogP contribution is -2.17. The molecule has 1 fully saturated rings. The normalized spacial score (nSPS) is 15.6.